The molecule has 0 radical (unpaired) electrons. The molecule has 0 spiro atoms. The highest BCUT2D eigenvalue weighted by atomic mass is 79.9. The Morgan fingerprint density at radius 3 is 2.45 bits per heavy atom. The van der Waals surface area contributed by atoms with Gasteiger partial charge in [-0.1, -0.05) is 79.2 Å². The van der Waals surface area contributed by atoms with Crippen LogP contribution in [0, 0.1) is 10.8 Å². The van der Waals surface area contributed by atoms with E-state index in [4.69, 9.17) is 4.74 Å². The van der Waals surface area contributed by atoms with E-state index in [-0.39, 0.29) is 23.0 Å². The van der Waals surface area contributed by atoms with Crippen molar-refractivity contribution in [1.82, 2.24) is 0 Å². The van der Waals surface area contributed by atoms with Gasteiger partial charge in [0, 0.05) is 10.7 Å². The van der Waals surface area contributed by atoms with Gasteiger partial charge in [-0.2, -0.15) is 0 Å². The highest BCUT2D eigenvalue weighted by molar-refractivity contribution is 9.09. The van der Waals surface area contributed by atoms with Gasteiger partial charge in [-0.15, -0.1) is 0 Å². The molecule has 1 aromatic rings. The van der Waals surface area contributed by atoms with Crippen LogP contribution in [0.3, 0.4) is 0 Å². The lowest BCUT2D eigenvalue weighted by Gasteiger charge is -2.33. The maximum Gasteiger partial charge on any atom is 0.103 e. The molecule has 1 saturated heterocycles. The molecule has 2 atom stereocenters. The second-order valence-electron chi connectivity index (χ2n) is 7.65. The zero-order valence-electron chi connectivity index (χ0n) is 13.9. The molecule has 0 aliphatic carbocycles. The summed E-state index contributed by atoms with van der Waals surface area (Å²) in [5.74, 6) is 0. The van der Waals surface area contributed by atoms with E-state index in [1.807, 2.05) is 18.2 Å². The molecule has 1 aromatic carbocycles. The third-order valence-electron chi connectivity index (χ3n) is 4.82. The highest BCUT2D eigenvalue weighted by Crippen LogP contribution is 2.50. The van der Waals surface area contributed by atoms with Crippen LogP contribution in [0.2, 0.25) is 0 Å². The third-order valence-corrected chi connectivity index (χ3v) is 5.72. The molecule has 1 N–H and O–H groups in total. The first kappa shape index (κ1) is 17.7. The van der Waals surface area contributed by atoms with Crippen LogP contribution in [-0.2, 0) is 10.3 Å². The molecule has 0 saturated carbocycles. The maximum absolute atomic E-state index is 10.1. The zero-order valence-corrected chi connectivity index (χ0v) is 15.4. The third kappa shape index (κ3) is 3.47. The van der Waals surface area contributed by atoms with Gasteiger partial charge in [0.2, 0.25) is 0 Å². The van der Waals surface area contributed by atoms with Gasteiger partial charge in [0.25, 0.3) is 0 Å². The Morgan fingerprint density at radius 2 is 1.95 bits per heavy atom. The smallest absolute Gasteiger partial charge is 0.103 e. The van der Waals surface area contributed by atoms with Crippen LogP contribution in [-0.4, -0.2) is 23.7 Å². The van der Waals surface area contributed by atoms with Gasteiger partial charge in [0.05, 0.1) is 13.2 Å². The van der Waals surface area contributed by atoms with E-state index in [0.29, 0.717) is 6.61 Å². The SMILES string of the molecule is C=C(C[C@@]1(CO)CO[C@](CBr)(c2ccccc2)C1)C(C)(C)C. The second-order valence-corrected chi connectivity index (χ2v) is 8.21. The number of alkyl halides is 1. The molecule has 1 aliphatic heterocycles. The number of allylic oxidation sites excluding steroid dienone is 1. The van der Waals surface area contributed by atoms with Gasteiger partial charge >= 0.3 is 0 Å². The number of hydrogen-bond acceptors (Lipinski definition) is 2. The fourth-order valence-corrected chi connectivity index (χ4v) is 3.76. The fraction of sp³-hybridized carbons (Fsp3) is 0.579. The molecule has 22 heavy (non-hydrogen) atoms. The Hall–Kier alpha value is -0.640. The molecule has 3 heteroatoms. The van der Waals surface area contributed by atoms with Gasteiger partial charge in [0.1, 0.15) is 5.60 Å². The van der Waals surface area contributed by atoms with Crippen molar-refractivity contribution < 1.29 is 9.84 Å². The van der Waals surface area contributed by atoms with Crippen molar-refractivity contribution in [2.75, 3.05) is 18.5 Å². The van der Waals surface area contributed by atoms with Gasteiger partial charge in [-0.25, -0.2) is 0 Å². The summed E-state index contributed by atoms with van der Waals surface area (Å²) in [7, 11) is 0. The summed E-state index contributed by atoms with van der Waals surface area (Å²) < 4.78 is 6.25. The minimum Gasteiger partial charge on any atom is -0.396 e. The first-order valence-corrected chi connectivity index (χ1v) is 8.94. The van der Waals surface area contributed by atoms with E-state index in [1.165, 1.54) is 11.1 Å². The second kappa shape index (κ2) is 6.46. The van der Waals surface area contributed by atoms with Gasteiger partial charge in [-0.05, 0) is 23.8 Å². The van der Waals surface area contributed by atoms with Gasteiger partial charge in [-0.3, -0.25) is 0 Å². The summed E-state index contributed by atoms with van der Waals surface area (Å²) in [6.07, 6.45) is 1.61. The summed E-state index contributed by atoms with van der Waals surface area (Å²) in [6, 6.07) is 10.3. The normalized spacial score (nSPS) is 28.8. The van der Waals surface area contributed by atoms with Crippen LogP contribution in [0.25, 0.3) is 0 Å². The molecule has 1 heterocycles. The Kier molecular flexibility index (Phi) is 5.20. The molecule has 0 aromatic heterocycles. The molecular weight excluding hydrogens is 340 g/mol. The average Bonchev–Trinajstić information content (AvgIpc) is 2.88. The molecule has 1 fully saturated rings. The van der Waals surface area contributed by atoms with Crippen LogP contribution in [0.15, 0.2) is 42.5 Å². The summed E-state index contributed by atoms with van der Waals surface area (Å²) in [6.45, 7) is 11.5. The van der Waals surface area contributed by atoms with E-state index in [9.17, 15) is 5.11 Å². The van der Waals surface area contributed by atoms with Crippen molar-refractivity contribution in [3.8, 4) is 0 Å². The monoisotopic (exact) mass is 366 g/mol. The van der Waals surface area contributed by atoms with Gasteiger partial charge < -0.3 is 9.84 Å². The molecule has 122 valence electrons. The number of aliphatic hydroxyl groups excluding tert-OH is 1. The molecule has 1 aliphatic rings. The number of ether oxygens (including phenoxy) is 1. The van der Waals surface area contributed by atoms with Crippen molar-refractivity contribution in [1.29, 1.82) is 0 Å². The molecule has 2 nitrogen and oxygen atoms in total. The molecule has 0 amide bonds. The van der Waals surface area contributed by atoms with Crippen molar-refractivity contribution in [2.24, 2.45) is 10.8 Å². The van der Waals surface area contributed by atoms with Crippen LogP contribution in [0.5, 0.6) is 0 Å². The van der Waals surface area contributed by atoms with Crippen LogP contribution >= 0.6 is 15.9 Å². The van der Waals surface area contributed by atoms with Crippen LogP contribution < -0.4 is 0 Å². The lowest BCUT2D eigenvalue weighted by molar-refractivity contribution is 0.0140. The highest BCUT2D eigenvalue weighted by Gasteiger charge is 2.50. The quantitative estimate of drug-likeness (QED) is 0.606. The maximum atomic E-state index is 10.1. The predicted molar refractivity (Wildman–Crippen MR) is 95.2 cm³/mol. The summed E-state index contributed by atoms with van der Waals surface area (Å²) >= 11 is 3.63. The van der Waals surface area contributed by atoms with E-state index in [2.05, 4.69) is 55.4 Å². The number of aliphatic hydroxyl groups is 1. The summed E-state index contributed by atoms with van der Waals surface area (Å²) in [5, 5.41) is 10.8. The minimum atomic E-state index is -0.359. The van der Waals surface area contributed by atoms with Crippen molar-refractivity contribution >= 4 is 15.9 Å². The fourth-order valence-electron chi connectivity index (χ4n) is 3.08. The first-order valence-electron chi connectivity index (χ1n) is 7.82. The van der Waals surface area contributed by atoms with Crippen molar-refractivity contribution in [3.63, 3.8) is 0 Å². The Bertz CT molecular complexity index is 520. The van der Waals surface area contributed by atoms with E-state index < -0.39 is 0 Å². The Labute approximate surface area is 142 Å². The van der Waals surface area contributed by atoms with Crippen molar-refractivity contribution in [2.45, 2.75) is 39.2 Å². The number of halogens is 1. The largest absolute Gasteiger partial charge is 0.396 e. The lowest BCUT2D eigenvalue weighted by atomic mass is 9.71. The minimum absolute atomic E-state index is 0.0502. The predicted octanol–water partition coefficient (Wildman–Crippen LogP) is 4.67. The van der Waals surface area contributed by atoms with Crippen LogP contribution in [0.4, 0.5) is 0 Å². The summed E-state index contributed by atoms with van der Waals surface area (Å²) in [4.78, 5) is 0. The molecule has 0 unspecified atom stereocenters. The zero-order chi connectivity index (χ0) is 16.4. The molecule has 0 bridgehead atoms. The van der Waals surface area contributed by atoms with Gasteiger partial charge in [0.15, 0.2) is 0 Å². The number of benzene rings is 1. The van der Waals surface area contributed by atoms with E-state index in [1.54, 1.807) is 0 Å². The molecular formula is C19H27BrO2. The lowest BCUT2D eigenvalue weighted by Crippen LogP contribution is -2.32. The van der Waals surface area contributed by atoms with E-state index in [0.717, 1.165) is 18.2 Å². The van der Waals surface area contributed by atoms with Crippen molar-refractivity contribution in [3.05, 3.63) is 48.0 Å². The topological polar surface area (TPSA) is 29.5 Å². The van der Waals surface area contributed by atoms with Crippen LogP contribution in [0.1, 0.15) is 39.2 Å². The Morgan fingerprint density at radius 1 is 1.32 bits per heavy atom. The average molecular weight is 367 g/mol. The number of rotatable bonds is 5. The Balaban J connectivity index is 2.26. The summed E-state index contributed by atoms with van der Waals surface area (Å²) in [5.41, 5.74) is 1.79. The first-order chi connectivity index (χ1) is 10.3. The number of hydrogen-bond donors (Lipinski definition) is 1. The standard InChI is InChI=1S/C19H27BrO2/c1-15(17(2,3)4)10-18(13-21)11-19(12-20,22-14-18)16-8-6-5-7-9-16/h5-9,21H,1,10-14H2,2-4H3/t18-,19-/m1/s1. The van der Waals surface area contributed by atoms with E-state index >= 15 is 0 Å². The molecule has 2 rings (SSSR count).